The lowest BCUT2D eigenvalue weighted by molar-refractivity contribution is 0.0773. The number of hydrogen-bond acceptors (Lipinski definition) is 6. The van der Waals surface area contributed by atoms with Crippen molar-refractivity contribution in [1.29, 1.82) is 0 Å². The van der Waals surface area contributed by atoms with E-state index in [-0.39, 0.29) is 22.0 Å². The van der Waals surface area contributed by atoms with Crippen molar-refractivity contribution in [2.75, 3.05) is 24.6 Å². The third-order valence-electron chi connectivity index (χ3n) is 6.58. The highest BCUT2D eigenvalue weighted by Crippen LogP contribution is 2.33. The van der Waals surface area contributed by atoms with Gasteiger partial charge in [0.1, 0.15) is 17.5 Å². The highest BCUT2D eigenvalue weighted by Gasteiger charge is 2.17. The van der Waals surface area contributed by atoms with E-state index >= 15 is 0 Å². The molecule has 3 aromatic carbocycles. The number of rotatable bonds is 5. The lowest BCUT2D eigenvalue weighted by Gasteiger charge is -2.19. The van der Waals surface area contributed by atoms with Gasteiger partial charge in [-0.15, -0.1) is 12.6 Å². The Kier molecular flexibility index (Phi) is 9.49. The summed E-state index contributed by atoms with van der Waals surface area (Å²) >= 11 is 10.2. The van der Waals surface area contributed by atoms with Gasteiger partial charge >= 0.3 is 0 Å². The Morgan fingerprint density at radius 2 is 1.67 bits per heavy atom. The molecule has 5 aromatic rings. The number of carbonyl (C=O) groups excluding carboxylic acids is 1. The van der Waals surface area contributed by atoms with Gasteiger partial charge in [-0.25, -0.2) is 13.8 Å². The molecular weight excluding hydrogens is 580 g/mol. The lowest BCUT2D eigenvalue weighted by atomic mass is 10.00. The van der Waals surface area contributed by atoms with Gasteiger partial charge in [-0.05, 0) is 73.5 Å². The first-order chi connectivity index (χ1) is 20.0. The fraction of sp³-hybridized carbons (Fsp3) is 0.129. The predicted octanol–water partition coefficient (Wildman–Crippen LogP) is 6.81. The Morgan fingerprint density at radius 1 is 0.952 bits per heavy atom. The van der Waals surface area contributed by atoms with Crippen LogP contribution in [0.5, 0.6) is 0 Å². The molecule has 5 N–H and O–H groups in total. The van der Waals surface area contributed by atoms with Crippen LogP contribution in [0.2, 0.25) is 5.02 Å². The van der Waals surface area contributed by atoms with Crippen LogP contribution in [0, 0.1) is 11.6 Å². The van der Waals surface area contributed by atoms with Gasteiger partial charge in [0.15, 0.2) is 0 Å². The van der Waals surface area contributed by atoms with E-state index in [9.17, 15) is 18.4 Å². The first kappa shape index (κ1) is 30.5. The first-order valence-electron chi connectivity index (χ1n) is 12.9. The standard InChI is InChI=1S/C25H24ClN5O2.C6H4F2S/c1-3-31(4-2)25(33)18-7-5-15(11-20(18)26)19-10-16-9-14(6-8-22(16)30-23(19)28)17-12-21(27)24(32)29-13-17;7-4-1-2-6(9)5(8)3-4/h5-13H,3-4,27H2,1-2H3,(H2,28,30)(H,29,32);1-3,9H. The van der Waals surface area contributed by atoms with Crippen LogP contribution in [0.15, 0.2) is 82.6 Å². The molecule has 42 heavy (non-hydrogen) atoms. The van der Waals surface area contributed by atoms with Crippen LogP contribution in [-0.4, -0.2) is 33.9 Å². The van der Waals surface area contributed by atoms with E-state index in [4.69, 9.17) is 23.1 Å². The second-order valence-electron chi connectivity index (χ2n) is 9.27. The molecule has 11 heteroatoms. The molecule has 2 heterocycles. The van der Waals surface area contributed by atoms with Gasteiger partial charge in [0.05, 0.1) is 21.8 Å². The molecule has 0 saturated carbocycles. The van der Waals surface area contributed by atoms with Crippen molar-refractivity contribution in [3.8, 4) is 22.3 Å². The summed E-state index contributed by atoms with van der Waals surface area (Å²) in [7, 11) is 0. The Labute approximate surface area is 251 Å². The average Bonchev–Trinajstić information content (AvgIpc) is 2.97. The van der Waals surface area contributed by atoms with Crippen LogP contribution < -0.4 is 17.0 Å². The number of hydrogen-bond donors (Lipinski definition) is 4. The van der Waals surface area contributed by atoms with Crippen molar-refractivity contribution < 1.29 is 13.6 Å². The summed E-state index contributed by atoms with van der Waals surface area (Å²) in [5, 5.41) is 1.22. The molecule has 0 bridgehead atoms. The Morgan fingerprint density at radius 3 is 2.29 bits per heavy atom. The molecule has 0 aliphatic carbocycles. The maximum atomic E-state index is 12.7. The summed E-state index contributed by atoms with van der Waals surface area (Å²) < 4.78 is 24.3. The van der Waals surface area contributed by atoms with Gasteiger partial charge in [0.25, 0.3) is 11.5 Å². The second-order valence-corrected chi connectivity index (χ2v) is 10.2. The number of thiol groups is 1. The largest absolute Gasteiger partial charge is 0.394 e. The van der Waals surface area contributed by atoms with E-state index in [2.05, 4.69) is 22.6 Å². The monoisotopic (exact) mass is 607 g/mol. The van der Waals surface area contributed by atoms with Crippen LogP contribution in [0.3, 0.4) is 0 Å². The minimum absolute atomic E-state index is 0.106. The number of halogens is 3. The van der Waals surface area contributed by atoms with Crippen molar-refractivity contribution in [1.82, 2.24) is 14.9 Å². The summed E-state index contributed by atoms with van der Waals surface area (Å²) in [4.78, 5) is 33.3. The van der Waals surface area contributed by atoms with Crippen LogP contribution in [0.25, 0.3) is 33.2 Å². The van der Waals surface area contributed by atoms with E-state index < -0.39 is 11.6 Å². The number of nitrogens with one attached hydrogen (secondary N) is 1. The minimum atomic E-state index is -0.627. The lowest BCUT2D eigenvalue weighted by Crippen LogP contribution is -2.30. The molecule has 0 saturated heterocycles. The van der Waals surface area contributed by atoms with E-state index in [1.807, 2.05) is 44.2 Å². The molecule has 0 radical (unpaired) electrons. The number of nitrogen functional groups attached to an aromatic ring is 2. The zero-order chi connectivity index (χ0) is 30.6. The van der Waals surface area contributed by atoms with E-state index in [1.165, 1.54) is 6.07 Å². The summed E-state index contributed by atoms with van der Waals surface area (Å²) in [6.45, 7) is 5.08. The number of aromatic amines is 1. The number of nitrogens with two attached hydrogens (primary N) is 2. The third-order valence-corrected chi connectivity index (χ3v) is 7.26. The van der Waals surface area contributed by atoms with Gasteiger partial charge in [-0.1, -0.05) is 23.7 Å². The summed E-state index contributed by atoms with van der Waals surface area (Å²) in [5.74, 6) is -0.947. The Balaban J connectivity index is 0.000000385. The molecule has 0 atom stereocenters. The topological polar surface area (TPSA) is 118 Å². The van der Waals surface area contributed by atoms with E-state index in [0.29, 0.717) is 35.1 Å². The maximum Gasteiger partial charge on any atom is 0.271 e. The number of benzene rings is 3. The molecule has 0 aliphatic heterocycles. The second kappa shape index (κ2) is 13.1. The average molecular weight is 608 g/mol. The SMILES string of the molecule is CCN(CC)C(=O)c1ccc(-c2cc3cc(-c4c[nH]c(=O)c(N)c4)ccc3nc2N)cc1Cl.Fc1ccc(S)c(F)c1. The maximum absolute atomic E-state index is 12.7. The highest BCUT2D eigenvalue weighted by molar-refractivity contribution is 7.80. The summed E-state index contributed by atoms with van der Waals surface area (Å²) in [6, 6.07) is 17.8. The number of aromatic nitrogens is 2. The summed E-state index contributed by atoms with van der Waals surface area (Å²) in [6.07, 6.45) is 1.62. The smallest absolute Gasteiger partial charge is 0.271 e. The number of carbonyl (C=O) groups is 1. The van der Waals surface area contributed by atoms with Gasteiger partial charge in [-0.2, -0.15) is 0 Å². The van der Waals surface area contributed by atoms with Crippen molar-refractivity contribution >= 4 is 52.5 Å². The molecule has 1 amide bonds. The fourth-order valence-corrected chi connectivity index (χ4v) is 4.69. The number of pyridine rings is 2. The highest BCUT2D eigenvalue weighted by atomic mass is 35.5. The van der Waals surface area contributed by atoms with Crippen LogP contribution in [0.4, 0.5) is 20.3 Å². The number of H-pyrrole nitrogens is 1. The molecule has 0 fully saturated rings. The van der Waals surface area contributed by atoms with Crippen molar-refractivity contribution in [3.05, 3.63) is 106 Å². The summed E-state index contributed by atoms with van der Waals surface area (Å²) in [5.41, 5.74) is 16.2. The van der Waals surface area contributed by atoms with Crippen molar-refractivity contribution in [3.63, 3.8) is 0 Å². The molecular formula is C31H28ClF2N5O2S. The quantitative estimate of drug-likeness (QED) is 0.164. The molecule has 0 unspecified atom stereocenters. The molecule has 216 valence electrons. The molecule has 0 aliphatic rings. The number of fused-ring (bicyclic) bond motifs is 1. The zero-order valence-electron chi connectivity index (χ0n) is 22.8. The van der Waals surface area contributed by atoms with Crippen molar-refractivity contribution in [2.45, 2.75) is 18.7 Å². The molecule has 5 rings (SSSR count). The fourth-order valence-electron chi connectivity index (χ4n) is 4.29. The van der Waals surface area contributed by atoms with Gasteiger partial charge in [0, 0.05) is 46.8 Å². The van der Waals surface area contributed by atoms with Gasteiger partial charge in [0.2, 0.25) is 0 Å². The minimum Gasteiger partial charge on any atom is -0.394 e. The van der Waals surface area contributed by atoms with Gasteiger partial charge < -0.3 is 21.4 Å². The number of anilines is 2. The predicted molar refractivity (Wildman–Crippen MR) is 168 cm³/mol. The number of amides is 1. The first-order valence-corrected chi connectivity index (χ1v) is 13.8. The van der Waals surface area contributed by atoms with Crippen LogP contribution >= 0.6 is 24.2 Å². The Bertz CT molecular complexity index is 1840. The molecule has 7 nitrogen and oxygen atoms in total. The van der Waals surface area contributed by atoms with E-state index in [0.717, 1.165) is 39.7 Å². The molecule has 0 spiro atoms. The van der Waals surface area contributed by atoms with Crippen molar-refractivity contribution in [2.24, 2.45) is 0 Å². The van der Waals surface area contributed by atoms with Gasteiger partial charge in [-0.3, -0.25) is 9.59 Å². The zero-order valence-corrected chi connectivity index (χ0v) is 24.4. The third kappa shape index (κ3) is 6.72. The van der Waals surface area contributed by atoms with Crippen LogP contribution in [-0.2, 0) is 0 Å². The van der Waals surface area contributed by atoms with E-state index in [1.54, 1.807) is 29.3 Å². The molecule has 2 aromatic heterocycles. The van der Waals surface area contributed by atoms with Crippen LogP contribution in [0.1, 0.15) is 24.2 Å². The normalized spacial score (nSPS) is 10.7. The number of nitrogens with zero attached hydrogens (tertiary/aromatic N) is 2. The Hall–Kier alpha value is -4.41.